The Labute approximate surface area is 122 Å². The van der Waals surface area contributed by atoms with Gasteiger partial charge in [-0.15, -0.1) is 5.10 Å². The summed E-state index contributed by atoms with van der Waals surface area (Å²) >= 11 is -1.42. The smallest absolute Gasteiger partial charge is 0.205 e. The lowest BCUT2D eigenvalue weighted by molar-refractivity contribution is -0.0348. The first-order valence-electron chi connectivity index (χ1n) is 5.18. The second-order valence-corrected chi connectivity index (χ2v) is 5.65. The Kier molecular flexibility index (Phi) is 4.42. The second kappa shape index (κ2) is 5.79. The maximum atomic E-state index is 12.5. The van der Waals surface area contributed by atoms with E-state index in [1.54, 1.807) is 6.07 Å². The van der Waals surface area contributed by atoms with Crippen LogP contribution in [0.25, 0.3) is 5.69 Å². The third-order valence-corrected chi connectivity index (χ3v) is 3.65. The molecule has 0 saturated heterocycles. The molecule has 0 N–H and O–H groups in total. The summed E-state index contributed by atoms with van der Waals surface area (Å²) in [5.74, 6) is 0. The van der Waals surface area contributed by atoms with Crippen LogP contribution in [0.2, 0.25) is 0 Å². The monoisotopic (exact) mass is 345 g/mol. The molecular weight excluding hydrogens is 340 g/mol. The molecule has 21 heavy (non-hydrogen) atoms. The predicted octanol–water partition coefficient (Wildman–Crippen LogP) is 4.49. The van der Waals surface area contributed by atoms with Gasteiger partial charge in [0.25, 0.3) is 0 Å². The van der Waals surface area contributed by atoms with Crippen LogP contribution in [-0.2, 0) is 0 Å². The predicted molar refractivity (Wildman–Crippen MR) is 65.2 cm³/mol. The minimum Gasteiger partial charge on any atom is -0.205 e. The van der Waals surface area contributed by atoms with Crippen molar-refractivity contribution in [3.05, 3.63) is 30.3 Å². The molecule has 0 radical (unpaired) electrons. The van der Waals surface area contributed by atoms with Crippen molar-refractivity contribution in [2.75, 3.05) is 0 Å². The Balaban J connectivity index is 2.46. The average Bonchev–Trinajstić information content (AvgIpc) is 2.69. The Bertz CT molecular complexity index is 607. The van der Waals surface area contributed by atoms with Crippen molar-refractivity contribution in [1.82, 2.24) is 15.0 Å². The molecule has 0 unspecified atom stereocenters. The highest BCUT2D eigenvalue weighted by Crippen LogP contribution is 2.45. The molecule has 0 amide bonds. The van der Waals surface area contributed by atoms with E-state index < -0.39 is 44.6 Å². The van der Waals surface area contributed by atoms with E-state index in [1.165, 1.54) is 24.3 Å². The number of hydrogen-bond acceptors (Lipinski definition) is 4. The van der Waals surface area contributed by atoms with Gasteiger partial charge in [-0.05, 0) is 12.1 Å². The van der Waals surface area contributed by atoms with Crippen molar-refractivity contribution in [3.8, 4) is 5.69 Å². The number of alkyl halides is 6. The Hall–Kier alpha value is -1.36. The molecule has 0 aliphatic rings. The highest BCUT2D eigenvalue weighted by atomic mass is 32.2. The molecule has 1 aromatic carbocycles. The van der Waals surface area contributed by atoms with Crippen LogP contribution in [-0.4, -0.2) is 26.0 Å². The van der Waals surface area contributed by atoms with Crippen LogP contribution < -0.4 is 0 Å². The van der Waals surface area contributed by atoms with Gasteiger partial charge in [0.05, 0.1) is 5.69 Å². The van der Waals surface area contributed by atoms with E-state index in [-0.39, 0.29) is 5.69 Å². The fourth-order valence-electron chi connectivity index (χ4n) is 1.37. The number of nitrogens with zero attached hydrogens (tertiary/aromatic N) is 3. The van der Waals surface area contributed by atoms with Gasteiger partial charge in [-0.2, -0.15) is 26.3 Å². The first-order chi connectivity index (χ1) is 9.66. The van der Waals surface area contributed by atoms with Gasteiger partial charge in [0.2, 0.25) is 0 Å². The van der Waals surface area contributed by atoms with Crippen molar-refractivity contribution in [2.45, 2.75) is 21.1 Å². The largest absolute Gasteiger partial charge is 0.448 e. The number of hydrogen-bond donors (Lipinski definition) is 0. The zero-order chi connectivity index (χ0) is 15.7. The average molecular weight is 345 g/mol. The van der Waals surface area contributed by atoms with E-state index in [1.807, 2.05) is 0 Å². The maximum Gasteiger partial charge on any atom is 0.448 e. The molecule has 2 rings (SSSR count). The molecule has 0 fully saturated rings. The standard InChI is InChI=1S/C10H5F6N3S2/c11-9(12,13)20-7-8(21-10(14,15)16)19(18-17-7)6-4-2-1-3-5-6/h1-5H. The van der Waals surface area contributed by atoms with E-state index >= 15 is 0 Å². The number of benzene rings is 1. The van der Waals surface area contributed by atoms with Gasteiger partial charge < -0.3 is 0 Å². The van der Waals surface area contributed by atoms with Crippen LogP contribution in [0, 0.1) is 0 Å². The van der Waals surface area contributed by atoms with E-state index in [0.717, 1.165) is 4.68 Å². The highest BCUT2D eigenvalue weighted by molar-refractivity contribution is 8.03. The molecular formula is C10H5F6N3S2. The summed E-state index contributed by atoms with van der Waals surface area (Å²) in [6.45, 7) is 0. The Morgan fingerprint density at radius 1 is 0.857 bits per heavy atom. The summed E-state index contributed by atoms with van der Waals surface area (Å²) < 4.78 is 75.4. The molecule has 0 aliphatic carbocycles. The van der Waals surface area contributed by atoms with Crippen LogP contribution in [0.5, 0.6) is 0 Å². The van der Waals surface area contributed by atoms with Gasteiger partial charge in [-0.3, -0.25) is 0 Å². The topological polar surface area (TPSA) is 30.7 Å². The van der Waals surface area contributed by atoms with Crippen molar-refractivity contribution < 1.29 is 26.3 Å². The van der Waals surface area contributed by atoms with Gasteiger partial charge in [-0.1, -0.05) is 23.4 Å². The molecule has 1 heterocycles. The Morgan fingerprint density at radius 2 is 1.43 bits per heavy atom. The normalized spacial score (nSPS) is 12.7. The van der Waals surface area contributed by atoms with E-state index in [0.29, 0.717) is 0 Å². The van der Waals surface area contributed by atoms with E-state index in [4.69, 9.17) is 0 Å². The molecule has 0 atom stereocenters. The number of rotatable bonds is 3. The zero-order valence-corrected chi connectivity index (χ0v) is 11.4. The lowest BCUT2D eigenvalue weighted by Gasteiger charge is -2.10. The van der Waals surface area contributed by atoms with E-state index in [2.05, 4.69) is 10.3 Å². The third kappa shape index (κ3) is 4.56. The molecule has 0 bridgehead atoms. The van der Waals surface area contributed by atoms with Gasteiger partial charge in [-0.25, -0.2) is 4.68 Å². The quantitative estimate of drug-likeness (QED) is 0.606. The van der Waals surface area contributed by atoms with Crippen molar-refractivity contribution in [3.63, 3.8) is 0 Å². The fraction of sp³-hybridized carbons (Fsp3) is 0.200. The van der Waals surface area contributed by atoms with E-state index in [9.17, 15) is 26.3 Å². The van der Waals surface area contributed by atoms with Crippen LogP contribution in [0.3, 0.4) is 0 Å². The Morgan fingerprint density at radius 3 is 1.95 bits per heavy atom. The van der Waals surface area contributed by atoms with Crippen molar-refractivity contribution in [2.24, 2.45) is 0 Å². The summed E-state index contributed by atoms with van der Waals surface area (Å²) in [4.78, 5) is 0. The van der Waals surface area contributed by atoms with Gasteiger partial charge in [0.15, 0.2) is 5.03 Å². The highest BCUT2D eigenvalue weighted by Gasteiger charge is 2.38. The van der Waals surface area contributed by atoms with Gasteiger partial charge in [0, 0.05) is 23.5 Å². The molecule has 2 aromatic rings. The molecule has 1 aromatic heterocycles. The number of para-hydroxylation sites is 1. The summed E-state index contributed by atoms with van der Waals surface area (Å²) in [6.07, 6.45) is 0. The lowest BCUT2D eigenvalue weighted by Crippen LogP contribution is -2.06. The molecule has 114 valence electrons. The van der Waals surface area contributed by atoms with Gasteiger partial charge >= 0.3 is 11.0 Å². The SMILES string of the molecule is FC(F)(F)Sc1nnn(-c2ccccc2)c1SC(F)(F)F. The number of thioether (sulfide) groups is 2. The summed E-state index contributed by atoms with van der Waals surface area (Å²) in [5, 5.41) is 5.01. The van der Waals surface area contributed by atoms with Crippen molar-refractivity contribution in [1.29, 1.82) is 0 Å². The second-order valence-electron chi connectivity index (χ2n) is 3.54. The first-order valence-corrected chi connectivity index (χ1v) is 6.81. The van der Waals surface area contributed by atoms with Crippen LogP contribution in [0.1, 0.15) is 0 Å². The minimum absolute atomic E-state index is 0.186. The molecule has 0 aliphatic heterocycles. The maximum absolute atomic E-state index is 12.5. The summed E-state index contributed by atoms with van der Waals surface area (Å²) in [6, 6.07) is 7.49. The fourth-order valence-corrected chi connectivity index (χ4v) is 2.66. The summed E-state index contributed by atoms with van der Waals surface area (Å²) in [7, 11) is 0. The minimum atomic E-state index is -4.75. The first kappa shape index (κ1) is 16.0. The number of halogens is 6. The third-order valence-electron chi connectivity index (χ3n) is 2.03. The molecule has 0 spiro atoms. The van der Waals surface area contributed by atoms with Crippen molar-refractivity contribution >= 4 is 23.5 Å². The molecule has 11 heteroatoms. The van der Waals surface area contributed by atoms with Gasteiger partial charge in [0.1, 0.15) is 5.03 Å². The van der Waals surface area contributed by atoms with Crippen LogP contribution >= 0.6 is 23.5 Å². The zero-order valence-electron chi connectivity index (χ0n) is 9.81. The molecule has 3 nitrogen and oxygen atoms in total. The number of aromatic nitrogens is 3. The molecule has 0 saturated carbocycles. The lowest BCUT2D eigenvalue weighted by atomic mass is 10.3. The van der Waals surface area contributed by atoms with Crippen LogP contribution in [0.15, 0.2) is 40.4 Å². The summed E-state index contributed by atoms with van der Waals surface area (Å²) in [5.41, 5.74) is -9.32. The van der Waals surface area contributed by atoms with Crippen LogP contribution in [0.4, 0.5) is 26.3 Å².